The Balaban J connectivity index is 1.99. The lowest BCUT2D eigenvalue weighted by Crippen LogP contribution is -1.90. The van der Waals surface area contributed by atoms with Crippen LogP contribution in [0.5, 0.6) is 11.5 Å². The first kappa shape index (κ1) is 19.2. The zero-order chi connectivity index (χ0) is 19.4. The first-order valence-electron chi connectivity index (χ1n) is 7.81. The fourth-order valence-corrected chi connectivity index (χ4v) is 3.74. The third kappa shape index (κ3) is 4.25. The van der Waals surface area contributed by atoms with Crippen molar-refractivity contribution in [3.8, 4) is 28.8 Å². The van der Waals surface area contributed by atoms with E-state index in [1.54, 1.807) is 38.5 Å². The van der Waals surface area contributed by atoms with Crippen LogP contribution in [0, 0.1) is 11.3 Å². The molecule has 2 aromatic carbocycles. The van der Waals surface area contributed by atoms with E-state index in [0.29, 0.717) is 37.8 Å². The number of methoxy groups -OCH3 is 2. The summed E-state index contributed by atoms with van der Waals surface area (Å²) in [4.78, 5) is 4.56. The average molecular weight is 417 g/mol. The quantitative estimate of drug-likeness (QED) is 0.464. The molecule has 0 radical (unpaired) electrons. The molecular formula is C20H14Cl2N2O2S. The lowest BCUT2D eigenvalue weighted by molar-refractivity contribution is 0.394. The second-order valence-corrected chi connectivity index (χ2v) is 7.14. The third-order valence-electron chi connectivity index (χ3n) is 3.80. The summed E-state index contributed by atoms with van der Waals surface area (Å²) in [5.74, 6) is 1.29. The number of aromatic nitrogens is 1. The van der Waals surface area contributed by atoms with Gasteiger partial charge < -0.3 is 9.47 Å². The van der Waals surface area contributed by atoms with Gasteiger partial charge in [-0.2, -0.15) is 5.26 Å². The van der Waals surface area contributed by atoms with Crippen LogP contribution in [-0.4, -0.2) is 19.2 Å². The van der Waals surface area contributed by atoms with Gasteiger partial charge in [0.2, 0.25) is 0 Å². The molecule has 0 atom stereocenters. The third-order valence-corrected chi connectivity index (χ3v) is 5.23. The number of nitriles is 1. The zero-order valence-corrected chi connectivity index (χ0v) is 16.8. The van der Waals surface area contributed by atoms with E-state index in [1.807, 2.05) is 23.6 Å². The summed E-state index contributed by atoms with van der Waals surface area (Å²) in [6.45, 7) is 0. The number of hydrogen-bond donors (Lipinski definition) is 0. The molecule has 0 N–H and O–H groups in total. The van der Waals surface area contributed by atoms with E-state index in [-0.39, 0.29) is 0 Å². The van der Waals surface area contributed by atoms with Gasteiger partial charge in [-0.3, -0.25) is 0 Å². The monoisotopic (exact) mass is 416 g/mol. The Labute approximate surface area is 171 Å². The first-order chi connectivity index (χ1) is 13.0. The van der Waals surface area contributed by atoms with Crippen molar-refractivity contribution in [2.24, 2.45) is 0 Å². The summed E-state index contributed by atoms with van der Waals surface area (Å²) in [5, 5.41) is 13.1. The molecule has 3 aromatic rings. The minimum Gasteiger partial charge on any atom is -0.497 e. The van der Waals surface area contributed by atoms with Gasteiger partial charge in [0.15, 0.2) is 0 Å². The molecule has 27 heavy (non-hydrogen) atoms. The molecule has 3 rings (SSSR count). The van der Waals surface area contributed by atoms with Crippen LogP contribution in [-0.2, 0) is 0 Å². The standard InChI is InChI=1S/C20H14Cl2N2O2S/c1-25-15-5-3-12(19(9-15)26-2)7-13(10-23)20-24-18(11-27-20)16-6-4-14(21)8-17(16)22/h3-9,11H,1-2H3/b13-7-. The van der Waals surface area contributed by atoms with Crippen LogP contribution in [0.4, 0.5) is 0 Å². The zero-order valence-electron chi connectivity index (χ0n) is 14.5. The summed E-state index contributed by atoms with van der Waals surface area (Å²) in [5.41, 5.74) is 2.65. The van der Waals surface area contributed by atoms with Gasteiger partial charge in [0.05, 0.1) is 30.5 Å². The first-order valence-corrected chi connectivity index (χ1v) is 9.44. The molecule has 0 aliphatic heterocycles. The molecule has 0 aliphatic carbocycles. The molecule has 4 nitrogen and oxygen atoms in total. The van der Waals surface area contributed by atoms with Gasteiger partial charge in [0, 0.05) is 27.6 Å². The van der Waals surface area contributed by atoms with E-state index in [1.165, 1.54) is 11.3 Å². The molecule has 0 unspecified atom stereocenters. The Morgan fingerprint density at radius 1 is 1.15 bits per heavy atom. The van der Waals surface area contributed by atoms with Crippen LogP contribution in [0.15, 0.2) is 41.8 Å². The van der Waals surface area contributed by atoms with E-state index in [4.69, 9.17) is 32.7 Å². The number of ether oxygens (including phenoxy) is 2. The lowest BCUT2D eigenvalue weighted by atomic mass is 10.1. The van der Waals surface area contributed by atoms with Crippen molar-refractivity contribution < 1.29 is 9.47 Å². The molecule has 136 valence electrons. The topological polar surface area (TPSA) is 55.1 Å². The Bertz CT molecular complexity index is 1050. The SMILES string of the molecule is COc1ccc(/C=C(/C#N)c2nc(-c3ccc(Cl)cc3Cl)cs2)c(OC)c1. The Kier molecular flexibility index (Phi) is 6.02. The van der Waals surface area contributed by atoms with E-state index >= 15 is 0 Å². The van der Waals surface area contributed by atoms with E-state index in [0.717, 1.165) is 11.1 Å². The maximum Gasteiger partial charge on any atom is 0.134 e. The summed E-state index contributed by atoms with van der Waals surface area (Å²) in [6.07, 6.45) is 1.74. The van der Waals surface area contributed by atoms with Crippen LogP contribution in [0.3, 0.4) is 0 Å². The normalized spacial score (nSPS) is 11.1. The summed E-state index contributed by atoms with van der Waals surface area (Å²) in [7, 11) is 3.16. The highest BCUT2D eigenvalue weighted by molar-refractivity contribution is 7.11. The second-order valence-electron chi connectivity index (χ2n) is 5.44. The van der Waals surface area contributed by atoms with Gasteiger partial charge >= 0.3 is 0 Å². The smallest absolute Gasteiger partial charge is 0.134 e. The lowest BCUT2D eigenvalue weighted by Gasteiger charge is -2.07. The molecule has 0 bridgehead atoms. The van der Waals surface area contributed by atoms with Crippen LogP contribution < -0.4 is 9.47 Å². The Morgan fingerprint density at radius 2 is 1.96 bits per heavy atom. The molecular weight excluding hydrogens is 403 g/mol. The number of hydrogen-bond acceptors (Lipinski definition) is 5. The van der Waals surface area contributed by atoms with Gasteiger partial charge in [0.25, 0.3) is 0 Å². The van der Waals surface area contributed by atoms with Crippen LogP contribution in [0.2, 0.25) is 10.0 Å². The van der Waals surface area contributed by atoms with Crippen molar-refractivity contribution in [1.29, 1.82) is 5.26 Å². The number of allylic oxidation sites excluding steroid dienone is 1. The largest absolute Gasteiger partial charge is 0.497 e. The van der Waals surface area contributed by atoms with E-state index in [9.17, 15) is 5.26 Å². The molecule has 0 fully saturated rings. The molecule has 0 spiro atoms. The van der Waals surface area contributed by atoms with Crippen molar-refractivity contribution >= 4 is 46.2 Å². The predicted molar refractivity (Wildman–Crippen MR) is 111 cm³/mol. The van der Waals surface area contributed by atoms with Crippen molar-refractivity contribution in [1.82, 2.24) is 4.98 Å². The average Bonchev–Trinajstić information content (AvgIpc) is 3.15. The van der Waals surface area contributed by atoms with Crippen molar-refractivity contribution in [3.63, 3.8) is 0 Å². The second kappa shape index (κ2) is 8.45. The van der Waals surface area contributed by atoms with E-state index < -0.39 is 0 Å². The summed E-state index contributed by atoms with van der Waals surface area (Å²) >= 11 is 13.6. The van der Waals surface area contributed by atoms with Gasteiger partial charge in [-0.1, -0.05) is 23.2 Å². The highest BCUT2D eigenvalue weighted by atomic mass is 35.5. The number of benzene rings is 2. The van der Waals surface area contributed by atoms with Gasteiger partial charge in [-0.15, -0.1) is 11.3 Å². The molecule has 1 aromatic heterocycles. The maximum atomic E-state index is 9.62. The molecule has 7 heteroatoms. The maximum absolute atomic E-state index is 9.62. The van der Waals surface area contributed by atoms with Crippen LogP contribution >= 0.6 is 34.5 Å². The number of rotatable bonds is 5. The molecule has 1 heterocycles. The number of thiazole rings is 1. The summed E-state index contributed by atoms with van der Waals surface area (Å²) in [6, 6.07) is 12.8. The minimum atomic E-state index is 0.430. The summed E-state index contributed by atoms with van der Waals surface area (Å²) < 4.78 is 10.6. The highest BCUT2D eigenvalue weighted by Gasteiger charge is 2.13. The van der Waals surface area contributed by atoms with Gasteiger partial charge in [-0.05, 0) is 36.4 Å². The predicted octanol–water partition coefficient (Wildman–Crippen LogP) is 6.20. The van der Waals surface area contributed by atoms with Gasteiger partial charge in [0.1, 0.15) is 22.6 Å². The molecule has 0 saturated carbocycles. The van der Waals surface area contributed by atoms with Gasteiger partial charge in [-0.25, -0.2) is 4.98 Å². The van der Waals surface area contributed by atoms with Crippen molar-refractivity contribution in [2.45, 2.75) is 0 Å². The van der Waals surface area contributed by atoms with Crippen molar-refractivity contribution in [2.75, 3.05) is 14.2 Å². The fourth-order valence-electron chi connectivity index (χ4n) is 2.45. The van der Waals surface area contributed by atoms with E-state index in [2.05, 4.69) is 11.1 Å². The van der Waals surface area contributed by atoms with Crippen molar-refractivity contribution in [3.05, 3.63) is 62.4 Å². The molecule has 0 aliphatic rings. The fraction of sp³-hybridized carbons (Fsp3) is 0.100. The molecule has 0 saturated heterocycles. The molecule has 0 amide bonds. The Morgan fingerprint density at radius 3 is 2.63 bits per heavy atom. The van der Waals surface area contributed by atoms with Crippen LogP contribution in [0.25, 0.3) is 22.9 Å². The minimum absolute atomic E-state index is 0.430. The Hall–Kier alpha value is -2.52. The number of halogens is 2. The van der Waals surface area contributed by atoms with Crippen LogP contribution in [0.1, 0.15) is 10.6 Å². The number of nitrogens with zero attached hydrogens (tertiary/aromatic N) is 2. The highest BCUT2D eigenvalue weighted by Crippen LogP contribution is 2.34.